The van der Waals surface area contributed by atoms with E-state index >= 15 is 0 Å². The molecule has 1 N–H and O–H groups in total. The number of ether oxygens (including phenoxy) is 1. The van der Waals surface area contributed by atoms with Gasteiger partial charge in [0.15, 0.2) is 0 Å². The van der Waals surface area contributed by atoms with E-state index in [0.717, 1.165) is 28.6 Å². The summed E-state index contributed by atoms with van der Waals surface area (Å²) in [5.74, 6) is -1.80. The highest BCUT2D eigenvalue weighted by atomic mass is 32.2. The molecule has 2 rings (SSSR count). The van der Waals surface area contributed by atoms with E-state index in [0.29, 0.717) is 13.2 Å². The molecule has 0 amide bonds. The molecule has 1 fully saturated rings. The van der Waals surface area contributed by atoms with E-state index in [4.69, 9.17) is 9.84 Å². The molecule has 1 aliphatic heterocycles. The number of carbonyl (C=O) groups is 1. The number of nitrogens with zero attached hydrogens (tertiary/aromatic N) is 1. The monoisotopic (exact) mass is 303 g/mol. The summed E-state index contributed by atoms with van der Waals surface area (Å²) in [6.45, 7) is 0.270. The van der Waals surface area contributed by atoms with Crippen molar-refractivity contribution in [1.29, 1.82) is 0 Å². The zero-order valence-electron chi connectivity index (χ0n) is 10.5. The van der Waals surface area contributed by atoms with E-state index < -0.39 is 28.4 Å². The maximum atomic E-state index is 12.8. The van der Waals surface area contributed by atoms with E-state index in [-0.39, 0.29) is 17.4 Å². The van der Waals surface area contributed by atoms with Gasteiger partial charge in [0.05, 0.1) is 18.1 Å². The summed E-state index contributed by atoms with van der Waals surface area (Å²) in [5.41, 5.74) is 0. The normalized spacial score (nSPS) is 16.1. The third-order valence-electron chi connectivity index (χ3n) is 2.93. The molecule has 0 radical (unpaired) electrons. The van der Waals surface area contributed by atoms with Crippen molar-refractivity contribution in [3.05, 3.63) is 30.1 Å². The Balaban J connectivity index is 2.24. The van der Waals surface area contributed by atoms with Gasteiger partial charge in [-0.2, -0.15) is 4.31 Å². The van der Waals surface area contributed by atoms with Crippen molar-refractivity contribution >= 4 is 16.0 Å². The average molecular weight is 303 g/mol. The minimum atomic E-state index is -3.95. The zero-order valence-corrected chi connectivity index (χ0v) is 11.3. The van der Waals surface area contributed by atoms with Crippen molar-refractivity contribution in [1.82, 2.24) is 4.31 Å². The molecular weight excluding hydrogens is 289 g/mol. The highest BCUT2D eigenvalue weighted by molar-refractivity contribution is 7.89. The fraction of sp³-hybridized carbons (Fsp3) is 0.417. The predicted octanol–water partition coefficient (Wildman–Crippen LogP) is 0.547. The SMILES string of the molecule is O=C(O)CN(CC1COC1)S(=O)(=O)c1ccc(F)cc1. The first-order valence-corrected chi connectivity index (χ1v) is 7.39. The van der Waals surface area contributed by atoms with Gasteiger partial charge in [0.25, 0.3) is 0 Å². The van der Waals surface area contributed by atoms with E-state index in [1.54, 1.807) is 0 Å². The average Bonchev–Trinajstić information content (AvgIpc) is 2.32. The van der Waals surface area contributed by atoms with Crippen LogP contribution in [-0.2, 0) is 19.6 Å². The Labute approximate surface area is 115 Å². The molecule has 0 bridgehead atoms. The van der Waals surface area contributed by atoms with Gasteiger partial charge in [-0.1, -0.05) is 0 Å². The predicted molar refractivity (Wildman–Crippen MR) is 67.1 cm³/mol. The number of benzene rings is 1. The van der Waals surface area contributed by atoms with Gasteiger partial charge >= 0.3 is 5.97 Å². The van der Waals surface area contributed by atoms with Crippen LogP contribution in [0.3, 0.4) is 0 Å². The first-order chi connectivity index (χ1) is 9.39. The molecule has 20 heavy (non-hydrogen) atoms. The maximum Gasteiger partial charge on any atom is 0.318 e. The van der Waals surface area contributed by atoms with Crippen LogP contribution in [0, 0.1) is 11.7 Å². The van der Waals surface area contributed by atoms with Gasteiger partial charge in [-0.15, -0.1) is 0 Å². The van der Waals surface area contributed by atoms with E-state index in [1.807, 2.05) is 0 Å². The minimum Gasteiger partial charge on any atom is -0.480 e. The van der Waals surface area contributed by atoms with Crippen LogP contribution in [0.15, 0.2) is 29.2 Å². The Morgan fingerprint density at radius 1 is 1.35 bits per heavy atom. The van der Waals surface area contributed by atoms with Crippen LogP contribution in [0.1, 0.15) is 0 Å². The second kappa shape index (κ2) is 5.86. The van der Waals surface area contributed by atoms with Crippen molar-refractivity contribution in [3.8, 4) is 0 Å². The van der Waals surface area contributed by atoms with Crippen LogP contribution in [-0.4, -0.2) is 50.1 Å². The summed E-state index contributed by atoms with van der Waals surface area (Å²) >= 11 is 0. The van der Waals surface area contributed by atoms with Crippen molar-refractivity contribution < 1.29 is 27.4 Å². The van der Waals surface area contributed by atoms with Gasteiger partial charge in [-0.05, 0) is 24.3 Å². The fourth-order valence-corrected chi connectivity index (χ4v) is 3.30. The quantitative estimate of drug-likeness (QED) is 0.829. The van der Waals surface area contributed by atoms with E-state index in [2.05, 4.69) is 0 Å². The van der Waals surface area contributed by atoms with Gasteiger partial charge in [-0.25, -0.2) is 12.8 Å². The Morgan fingerprint density at radius 3 is 2.40 bits per heavy atom. The highest BCUT2D eigenvalue weighted by Gasteiger charge is 2.31. The fourth-order valence-electron chi connectivity index (χ4n) is 1.83. The molecule has 0 unspecified atom stereocenters. The lowest BCUT2D eigenvalue weighted by atomic mass is 10.1. The molecule has 1 saturated heterocycles. The number of carboxylic acids is 1. The van der Waals surface area contributed by atoms with Crippen molar-refractivity contribution in [2.75, 3.05) is 26.3 Å². The highest BCUT2D eigenvalue weighted by Crippen LogP contribution is 2.20. The minimum absolute atomic E-state index is 0.00965. The molecule has 0 saturated carbocycles. The summed E-state index contributed by atoms with van der Waals surface area (Å²) in [7, 11) is -3.95. The summed E-state index contributed by atoms with van der Waals surface area (Å²) in [6, 6.07) is 4.30. The molecule has 110 valence electrons. The van der Waals surface area contributed by atoms with Crippen LogP contribution in [0.4, 0.5) is 4.39 Å². The second-order valence-corrected chi connectivity index (χ2v) is 6.49. The van der Waals surface area contributed by atoms with Crippen molar-refractivity contribution in [3.63, 3.8) is 0 Å². The van der Waals surface area contributed by atoms with Gasteiger partial charge in [0, 0.05) is 12.5 Å². The zero-order chi connectivity index (χ0) is 14.8. The Hall–Kier alpha value is -1.51. The molecule has 1 aromatic rings. The first kappa shape index (κ1) is 14.9. The number of aliphatic carboxylic acids is 1. The molecule has 0 aliphatic carbocycles. The summed E-state index contributed by atoms with van der Waals surface area (Å²) in [4.78, 5) is 10.7. The first-order valence-electron chi connectivity index (χ1n) is 5.95. The summed E-state index contributed by atoms with van der Waals surface area (Å²) in [6.07, 6.45) is 0. The third kappa shape index (κ3) is 3.33. The number of carboxylic acid groups (broad SMARTS) is 1. The van der Waals surface area contributed by atoms with Crippen molar-refractivity contribution in [2.24, 2.45) is 5.92 Å². The molecule has 1 heterocycles. The molecule has 1 aliphatic rings. The van der Waals surface area contributed by atoms with Crippen LogP contribution < -0.4 is 0 Å². The van der Waals surface area contributed by atoms with Crippen LogP contribution in [0.2, 0.25) is 0 Å². The summed E-state index contributed by atoms with van der Waals surface area (Å²) < 4.78 is 43.4. The lowest BCUT2D eigenvalue weighted by Gasteiger charge is -2.31. The van der Waals surface area contributed by atoms with E-state index in [1.165, 1.54) is 0 Å². The number of hydrogen-bond acceptors (Lipinski definition) is 4. The molecular formula is C12H14FNO5S. The standard InChI is InChI=1S/C12H14FNO5S/c13-10-1-3-11(4-2-10)20(17,18)14(6-12(15)16)5-9-7-19-8-9/h1-4,9H,5-8H2,(H,15,16). The smallest absolute Gasteiger partial charge is 0.318 e. The largest absolute Gasteiger partial charge is 0.480 e. The number of sulfonamides is 1. The van der Waals surface area contributed by atoms with Gasteiger partial charge in [-0.3, -0.25) is 4.79 Å². The van der Waals surface area contributed by atoms with Crippen LogP contribution in [0.25, 0.3) is 0 Å². The maximum absolute atomic E-state index is 12.8. The Morgan fingerprint density at radius 2 is 1.95 bits per heavy atom. The second-order valence-electron chi connectivity index (χ2n) is 4.55. The lowest BCUT2D eigenvalue weighted by Crippen LogP contribution is -2.44. The third-order valence-corrected chi connectivity index (χ3v) is 4.76. The molecule has 0 aromatic heterocycles. The molecule has 6 nitrogen and oxygen atoms in total. The number of hydrogen-bond donors (Lipinski definition) is 1. The number of halogens is 1. The molecule has 0 atom stereocenters. The van der Waals surface area contributed by atoms with Crippen LogP contribution >= 0.6 is 0 Å². The van der Waals surface area contributed by atoms with Crippen LogP contribution in [0.5, 0.6) is 0 Å². The summed E-state index contributed by atoms with van der Waals surface area (Å²) in [5, 5.41) is 8.84. The molecule has 0 spiro atoms. The number of rotatable bonds is 6. The van der Waals surface area contributed by atoms with Crippen molar-refractivity contribution in [2.45, 2.75) is 4.90 Å². The lowest BCUT2D eigenvalue weighted by molar-refractivity contribution is -0.137. The molecule has 1 aromatic carbocycles. The Bertz CT molecular complexity index is 582. The molecule has 8 heteroatoms. The van der Waals surface area contributed by atoms with E-state index in [9.17, 15) is 17.6 Å². The topological polar surface area (TPSA) is 83.9 Å². The van der Waals surface area contributed by atoms with Gasteiger partial charge in [0.2, 0.25) is 10.0 Å². The Kier molecular flexibility index (Phi) is 4.36. The van der Waals surface area contributed by atoms with Gasteiger partial charge < -0.3 is 9.84 Å². The van der Waals surface area contributed by atoms with Gasteiger partial charge in [0.1, 0.15) is 12.4 Å².